The number of hydrogen-bond acceptors (Lipinski definition) is 0. The summed E-state index contributed by atoms with van der Waals surface area (Å²) in [6.45, 7) is 5.50. The first kappa shape index (κ1) is 16.5. The molecule has 0 spiro atoms. The van der Waals surface area contributed by atoms with E-state index in [2.05, 4.69) is 6.92 Å². The summed E-state index contributed by atoms with van der Waals surface area (Å²) in [7, 11) is 0. The molecule has 0 N–H and O–H groups in total. The van der Waals surface area contributed by atoms with E-state index in [0.717, 1.165) is 6.42 Å². The molecule has 0 aromatic rings. The minimum absolute atomic E-state index is 0. The molecule has 1 heteroatoms. The molecular weight excluding hydrogens is 137 g/mol. The normalized spacial score (nSPS) is 3.60. The Hall–Kier alpha value is 1.10. The summed E-state index contributed by atoms with van der Waals surface area (Å²) < 4.78 is 0. The van der Waals surface area contributed by atoms with Crippen LogP contribution in [0.25, 0.3) is 0 Å². The molecule has 0 aliphatic carbocycles. The second kappa shape index (κ2) is 19.4. The molecule has 31 valence electrons. The molecule has 0 saturated heterocycles. The monoisotopic (exact) mass is 148 g/mol. The van der Waals surface area contributed by atoms with E-state index in [-0.39, 0.29) is 40.1 Å². The van der Waals surface area contributed by atoms with Gasteiger partial charge in [0.1, 0.15) is 0 Å². The molecule has 0 amide bonds. The van der Waals surface area contributed by atoms with Crippen LogP contribution in [0, 0.1) is 6.92 Å². The van der Waals surface area contributed by atoms with Gasteiger partial charge in [-0.2, -0.15) is 6.42 Å². The molecular formula is C4H11Y-. The Balaban J connectivity index is -0.0000000200. The van der Waals surface area contributed by atoms with Gasteiger partial charge in [-0.25, -0.2) is 0 Å². The predicted molar refractivity (Wildman–Crippen MR) is 22.4 cm³/mol. The summed E-state index contributed by atoms with van der Waals surface area (Å²) in [4.78, 5) is 0. The van der Waals surface area contributed by atoms with Crippen LogP contribution in [-0.2, 0) is 32.7 Å². The Morgan fingerprint density at radius 3 is 1.60 bits per heavy atom. The fourth-order valence-electron chi connectivity index (χ4n) is 0. The van der Waals surface area contributed by atoms with Crippen LogP contribution in [0.2, 0.25) is 0 Å². The second-order valence-electron chi connectivity index (χ2n) is 0.500. The van der Waals surface area contributed by atoms with Crippen molar-refractivity contribution in [3.63, 3.8) is 0 Å². The maximum Gasteiger partial charge on any atom is 0 e. The third kappa shape index (κ3) is 40.4. The van der Waals surface area contributed by atoms with Crippen molar-refractivity contribution in [1.29, 1.82) is 0 Å². The molecule has 0 bridgehead atoms. The van der Waals surface area contributed by atoms with Crippen LogP contribution in [0.3, 0.4) is 0 Å². The molecule has 0 aliphatic rings. The maximum atomic E-state index is 3.49. The molecule has 1 radical (unpaired) electrons. The Bertz CT molecular complexity index is 3.61. The van der Waals surface area contributed by atoms with Crippen molar-refractivity contribution in [3.05, 3.63) is 6.92 Å². The fraction of sp³-hybridized carbons (Fsp3) is 0.750. The van der Waals surface area contributed by atoms with Crippen molar-refractivity contribution >= 4 is 0 Å². The molecule has 0 heterocycles. The van der Waals surface area contributed by atoms with Crippen LogP contribution in [0.1, 0.15) is 20.8 Å². The molecule has 0 aromatic carbocycles. The summed E-state index contributed by atoms with van der Waals surface area (Å²) in [6.07, 6.45) is 1.00. The van der Waals surface area contributed by atoms with Gasteiger partial charge in [0.25, 0.3) is 0 Å². The van der Waals surface area contributed by atoms with E-state index in [1.807, 2.05) is 6.92 Å². The van der Waals surface area contributed by atoms with E-state index in [0.29, 0.717) is 0 Å². The Labute approximate surface area is 60.2 Å². The van der Waals surface area contributed by atoms with E-state index >= 15 is 0 Å². The summed E-state index contributed by atoms with van der Waals surface area (Å²) in [5, 5.41) is 0. The molecule has 0 fully saturated rings. The first-order valence-electron chi connectivity index (χ1n) is 1.21. The van der Waals surface area contributed by atoms with Gasteiger partial charge in [-0.1, -0.05) is 14.4 Å². The zero-order valence-corrected chi connectivity index (χ0v) is 5.83. The molecule has 5 heavy (non-hydrogen) atoms. The van der Waals surface area contributed by atoms with Crippen LogP contribution >= 0.6 is 0 Å². The van der Waals surface area contributed by atoms with Crippen LogP contribution in [0.15, 0.2) is 0 Å². The SMILES string of the molecule is C.[CH2-]CC.[Y]. The summed E-state index contributed by atoms with van der Waals surface area (Å²) in [6, 6.07) is 0. The number of rotatable bonds is 0. The third-order valence-electron chi connectivity index (χ3n) is 0. The Kier molecular flexibility index (Phi) is 64.1. The first-order chi connectivity index (χ1) is 1.41. The van der Waals surface area contributed by atoms with Crippen molar-refractivity contribution < 1.29 is 32.7 Å². The molecule has 0 aliphatic heterocycles. The largest absolute Gasteiger partial charge is 0.344 e. The Morgan fingerprint density at radius 1 is 1.60 bits per heavy atom. The smallest absolute Gasteiger partial charge is 0 e. The Morgan fingerprint density at radius 2 is 1.60 bits per heavy atom. The third-order valence-corrected chi connectivity index (χ3v) is 0. The van der Waals surface area contributed by atoms with Gasteiger partial charge in [-0.05, 0) is 0 Å². The van der Waals surface area contributed by atoms with Crippen molar-refractivity contribution in [3.8, 4) is 0 Å². The van der Waals surface area contributed by atoms with Crippen molar-refractivity contribution in [2.45, 2.75) is 20.8 Å². The van der Waals surface area contributed by atoms with E-state index in [9.17, 15) is 0 Å². The van der Waals surface area contributed by atoms with Gasteiger partial charge < -0.3 is 6.92 Å². The van der Waals surface area contributed by atoms with Crippen LogP contribution in [0.5, 0.6) is 0 Å². The first-order valence-corrected chi connectivity index (χ1v) is 1.21. The van der Waals surface area contributed by atoms with Gasteiger partial charge in [0.15, 0.2) is 0 Å². The summed E-state index contributed by atoms with van der Waals surface area (Å²) in [5.41, 5.74) is 0. The van der Waals surface area contributed by atoms with Gasteiger partial charge in [0.05, 0.1) is 0 Å². The van der Waals surface area contributed by atoms with Crippen molar-refractivity contribution in [2.75, 3.05) is 0 Å². The van der Waals surface area contributed by atoms with Crippen LogP contribution < -0.4 is 0 Å². The quantitative estimate of drug-likeness (QED) is 0.460. The molecule has 0 unspecified atom stereocenters. The maximum absolute atomic E-state index is 3.49. The molecule has 0 saturated carbocycles. The van der Waals surface area contributed by atoms with Gasteiger partial charge in [-0.3, -0.25) is 0 Å². The summed E-state index contributed by atoms with van der Waals surface area (Å²) in [5.74, 6) is 0. The minimum atomic E-state index is 0. The average Bonchev–Trinajstić information content (AvgIpc) is 0.918. The van der Waals surface area contributed by atoms with E-state index in [1.165, 1.54) is 0 Å². The van der Waals surface area contributed by atoms with Crippen LogP contribution in [-0.4, -0.2) is 0 Å². The van der Waals surface area contributed by atoms with Gasteiger partial charge in [0, 0.05) is 32.7 Å². The topological polar surface area (TPSA) is 0 Å². The predicted octanol–water partition coefficient (Wildman–Crippen LogP) is 1.86. The minimum Gasteiger partial charge on any atom is -0.344 e. The average molecular weight is 148 g/mol. The zero-order chi connectivity index (χ0) is 2.71. The standard InChI is InChI=1S/C3H7.CH4.Y/c1-3-2;;/h1,3H2,2H3;1H4;/q-1;;. The van der Waals surface area contributed by atoms with Gasteiger partial charge in [-0.15, -0.1) is 0 Å². The summed E-state index contributed by atoms with van der Waals surface area (Å²) >= 11 is 0. The zero-order valence-electron chi connectivity index (χ0n) is 2.99. The van der Waals surface area contributed by atoms with Crippen molar-refractivity contribution in [1.82, 2.24) is 0 Å². The van der Waals surface area contributed by atoms with E-state index in [1.54, 1.807) is 0 Å². The van der Waals surface area contributed by atoms with E-state index < -0.39 is 0 Å². The van der Waals surface area contributed by atoms with Crippen molar-refractivity contribution in [2.24, 2.45) is 0 Å². The second-order valence-corrected chi connectivity index (χ2v) is 0.500. The fourth-order valence-corrected chi connectivity index (χ4v) is 0. The molecule has 0 atom stereocenters. The molecule has 0 aromatic heterocycles. The van der Waals surface area contributed by atoms with Crippen LogP contribution in [0.4, 0.5) is 0 Å². The number of hydrogen-bond donors (Lipinski definition) is 0. The molecule has 0 rings (SSSR count). The van der Waals surface area contributed by atoms with E-state index in [4.69, 9.17) is 0 Å². The molecule has 0 nitrogen and oxygen atoms in total. The van der Waals surface area contributed by atoms with Gasteiger partial charge in [0.2, 0.25) is 0 Å². The van der Waals surface area contributed by atoms with Gasteiger partial charge >= 0.3 is 0 Å².